The molecule has 0 aliphatic rings. The fourth-order valence-electron chi connectivity index (χ4n) is 0.970. The van der Waals surface area contributed by atoms with Gasteiger partial charge in [-0.25, -0.2) is 0 Å². The third-order valence-corrected chi connectivity index (χ3v) is 1.91. The van der Waals surface area contributed by atoms with Crippen LogP contribution in [0.25, 0.3) is 0 Å². The number of Topliss-reactive ketones (excluding diaryl/α,β-unsaturated/α-hetero) is 1. The van der Waals surface area contributed by atoms with E-state index in [4.69, 9.17) is 11.6 Å². The van der Waals surface area contributed by atoms with Gasteiger partial charge in [-0.15, -0.1) is 0 Å². The van der Waals surface area contributed by atoms with E-state index in [1.807, 2.05) is 0 Å². The number of hydrogen-bond acceptors (Lipinski definition) is 2. The standard InChI is InChI=1S/C10H9ClO2/c11-9-5-3-8(4-6-9)10(13)2-1-7-12/h3-7H,1-2H2. The van der Waals surface area contributed by atoms with Crippen LogP contribution >= 0.6 is 11.6 Å². The molecule has 13 heavy (non-hydrogen) atoms. The molecule has 0 unspecified atom stereocenters. The molecule has 0 heterocycles. The largest absolute Gasteiger partial charge is 0.303 e. The van der Waals surface area contributed by atoms with Crippen molar-refractivity contribution in [2.75, 3.05) is 0 Å². The van der Waals surface area contributed by atoms with Crippen LogP contribution in [0.15, 0.2) is 24.3 Å². The van der Waals surface area contributed by atoms with Crippen molar-refractivity contribution in [2.45, 2.75) is 12.8 Å². The molecule has 0 spiro atoms. The molecule has 3 heteroatoms. The first kappa shape index (κ1) is 9.93. The van der Waals surface area contributed by atoms with Crippen molar-refractivity contribution < 1.29 is 9.59 Å². The van der Waals surface area contributed by atoms with E-state index in [2.05, 4.69) is 0 Å². The van der Waals surface area contributed by atoms with E-state index in [1.54, 1.807) is 24.3 Å². The molecule has 0 aliphatic carbocycles. The van der Waals surface area contributed by atoms with E-state index in [0.29, 0.717) is 10.6 Å². The molecular formula is C10H9ClO2. The Hall–Kier alpha value is -1.15. The molecule has 1 rings (SSSR count). The summed E-state index contributed by atoms with van der Waals surface area (Å²) in [5.41, 5.74) is 0.603. The number of hydrogen-bond donors (Lipinski definition) is 0. The lowest BCUT2D eigenvalue weighted by atomic mass is 10.1. The number of ketones is 1. The number of carbonyl (C=O) groups is 2. The molecule has 1 aromatic rings. The van der Waals surface area contributed by atoms with Gasteiger partial charge in [0.15, 0.2) is 5.78 Å². The summed E-state index contributed by atoms with van der Waals surface area (Å²) < 4.78 is 0. The molecule has 0 saturated carbocycles. The summed E-state index contributed by atoms with van der Waals surface area (Å²) in [5.74, 6) is -0.0243. The molecule has 0 aromatic heterocycles. The monoisotopic (exact) mass is 196 g/mol. The summed E-state index contributed by atoms with van der Waals surface area (Å²) in [6, 6.07) is 6.65. The van der Waals surface area contributed by atoms with Crippen molar-refractivity contribution in [3.63, 3.8) is 0 Å². The van der Waals surface area contributed by atoms with Gasteiger partial charge in [0.05, 0.1) is 0 Å². The van der Waals surface area contributed by atoms with Gasteiger partial charge < -0.3 is 4.79 Å². The minimum absolute atomic E-state index is 0.0243. The van der Waals surface area contributed by atoms with Crippen molar-refractivity contribution in [1.82, 2.24) is 0 Å². The zero-order valence-corrected chi connectivity index (χ0v) is 7.75. The molecule has 0 radical (unpaired) electrons. The first-order chi connectivity index (χ1) is 6.24. The summed E-state index contributed by atoms with van der Waals surface area (Å²) in [6.07, 6.45) is 1.29. The predicted octanol–water partition coefficient (Wildman–Crippen LogP) is 2.50. The van der Waals surface area contributed by atoms with Gasteiger partial charge in [-0.05, 0) is 24.3 Å². The molecule has 0 aliphatic heterocycles. The highest BCUT2D eigenvalue weighted by Crippen LogP contribution is 2.11. The zero-order chi connectivity index (χ0) is 9.68. The molecular weight excluding hydrogens is 188 g/mol. The van der Waals surface area contributed by atoms with E-state index in [-0.39, 0.29) is 18.6 Å². The van der Waals surface area contributed by atoms with Gasteiger partial charge in [0, 0.05) is 23.4 Å². The van der Waals surface area contributed by atoms with Gasteiger partial charge in [-0.3, -0.25) is 4.79 Å². The van der Waals surface area contributed by atoms with Crippen LogP contribution in [0, 0.1) is 0 Å². The lowest BCUT2D eigenvalue weighted by Crippen LogP contribution is -1.98. The number of halogens is 1. The van der Waals surface area contributed by atoms with Gasteiger partial charge in [-0.1, -0.05) is 11.6 Å². The van der Waals surface area contributed by atoms with Gasteiger partial charge in [-0.2, -0.15) is 0 Å². The van der Waals surface area contributed by atoms with Crippen molar-refractivity contribution in [1.29, 1.82) is 0 Å². The molecule has 0 bridgehead atoms. The average molecular weight is 197 g/mol. The molecule has 68 valence electrons. The first-order valence-corrected chi connectivity index (χ1v) is 4.34. The summed E-state index contributed by atoms with van der Waals surface area (Å²) in [6.45, 7) is 0. The number of rotatable bonds is 4. The second-order valence-corrected chi connectivity index (χ2v) is 3.07. The van der Waals surface area contributed by atoms with Gasteiger partial charge in [0.25, 0.3) is 0 Å². The Morgan fingerprint density at radius 1 is 1.31 bits per heavy atom. The highest BCUT2D eigenvalue weighted by atomic mass is 35.5. The number of aldehydes is 1. The van der Waals surface area contributed by atoms with Gasteiger partial charge in [0.1, 0.15) is 6.29 Å². The van der Waals surface area contributed by atoms with Crippen LogP contribution < -0.4 is 0 Å². The summed E-state index contributed by atoms with van der Waals surface area (Å²) in [7, 11) is 0. The third kappa shape index (κ3) is 2.99. The topological polar surface area (TPSA) is 34.1 Å². The van der Waals surface area contributed by atoms with E-state index >= 15 is 0 Å². The Labute approximate surface area is 81.5 Å². The molecule has 2 nitrogen and oxygen atoms in total. The number of benzene rings is 1. The molecule has 0 amide bonds. The third-order valence-electron chi connectivity index (χ3n) is 1.66. The smallest absolute Gasteiger partial charge is 0.163 e. The predicted molar refractivity (Wildman–Crippen MR) is 51.1 cm³/mol. The second-order valence-electron chi connectivity index (χ2n) is 2.64. The van der Waals surface area contributed by atoms with Crippen molar-refractivity contribution in [3.05, 3.63) is 34.9 Å². The number of carbonyl (C=O) groups excluding carboxylic acids is 2. The second kappa shape index (κ2) is 4.77. The summed E-state index contributed by atoms with van der Waals surface area (Å²) in [5, 5.41) is 0.604. The normalized spacial score (nSPS) is 9.62. The molecule has 1 aromatic carbocycles. The maximum Gasteiger partial charge on any atom is 0.163 e. The lowest BCUT2D eigenvalue weighted by Gasteiger charge is -1.97. The van der Waals surface area contributed by atoms with E-state index in [0.717, 1.165) is 6.29 Å². The molecule has 0 atom stereocenters. The van der Waals surface area contributed by atoms with Crippen LogP contribution in [0.3, 0.4) is 0 Å². The van der Waals surface area contributed by atoms with E-state index < -0.39 is 0 Å². The van der Waals surface area contributed by atoms with Crippen molar-refractivity contribution in [2.24, 2.45) is 0 Å². The van der Waals surface area contributed by atoms with E-state index in [9.17, 15) is 9.59 Å². The van der Waals surface area contributed by atoms with Crippen LogP contribution in [0.2, 0.25) is 5.02 Å². The van der Waals surface area contributed by atoms with Crippen LogP contribution in [-0.4, -0.2) is 12.1 Å². The molecule has 0 N–H and O–H groups in total. The Bertz CT molecular complexity index is 303. The van der Waals surface area contributed by atoms with E-state index in [1.165, 1.54) is 0 Å². The maximum atomic E-state index is 11.3. The highest BCUT2D eigenvalue weighted by Gasteiger charge is 2.03. The fraction of sp³-hybridized carbons (Fsp3) is 0.200. The summed E-state index contributed by atoms with van der Waals surface area (Å²) in [4.78, 5) is 21.3. The average Bonchev–Trinajstić information content (AvgIpc) is 2.15. The molecule has 0 fully saturated rings. The highest BCUT2D eigenvalue weighted by molar-refractivity contribution is 6.30. The maximum absolute atomic E-state index is 11.3. The zero-order valence-electron chi connectivity index (χ0n) is 7.00. The Morgan fingerprint density at radius 3 is 2.46 bits per heavy atom. The Kier molecular flexibility index (Phi) is 3.65. The SMILES string of the molecule is O=CCCC(=O)c1ccc(Cl)cc1. The molecule has 0 saturated heterocycles. The summed E-state index contributed by atoms with van der Waals surface area (Å²) >= 11 is 5.65. The van der Waals surface area contributed by atoms with Crippen LogP contribution in [0.1, 0.15) is 23.2 Å². The Morgan fingerprint density at radius 2 is 1.92 bits per heavy atom. The van der Waals surface area contributed by atoms with Crippen molar-refractivity contribution in [3.8, 4) is 0 Å². The minimum Gasteiger partial charge on any atom is -0.303 e. The lowest BCUT2D eigenvalue weighted by molar-refractivity contribution is -0.107. The van der Waals surface area contributed by atoms with Crippen LogP contribution in [0.4, 0.5) is 0 Å². The van der Waals surface area contributed by atoms with Crippen molar-refractivity contribution >= 4 is 23.7 Å². The first-order valence-electron chi connectivity index (χ1n) is 3.96. The van der Waals surface area contributed by atoms with Crippen LogP contribution in [0.5, 0.6) is 0 Å². The van der Waals surface area contributed by atoms with Gasteiger partial charge in [0.2, 0.25) is 0 Å². The van der Waals surface area contributed by atoms with Gasteiger partial charge >= 0.3 is 0 Å². The Balaban J connectivity index is 2.66. The minimum atomic E-state index is -0.0243. The van der Waals surface area contributed by atoms with Crippen LogP contribution in [-0.2, 0) is 4.79 Å². The quantitative estimate of drug-likeness (QED) is 0.548. The fourth-order valence-corrected chi connectivity index (χ4v) is 1.10.